The van der Waals surface area contributed by atoms with E-state index < -0.39 is 0 Å². The maximum absolute atomic E-state index is 10.8. The lowest BCUT2D eigenvalue weighted by Gasteiger charge is -2.11. The van der Waals surface area contributed by atoms with Crippen LogP contribution in [0.25, 0.3) is 0 Å². The molecule has 4 nitrogen and oxygen atoms in total. The fraction of sp³-hybridized carbons (Fsp3) is 0.286. The monoisotopic (exact) mass is 244 g/mol. The van der Waals surface area contributed by atoms with E-state index in [0.29, 0.717) is 12.2 Å². The SMILES string of the molecule is Cc1cc(C=O)cc(C)c1OCc1ccn(C)n1. The number of nitrogens with zero attached hydrogens (tertiary/aromatic N) is 2. The highest BCUT2D eigenvalue weighted by atomic mass is 16.5. The number of carbonyl (C=O) groups excluding carboxylic acids is 1. The highest BCUT2D eigenvalue weighted by Crippen LogP contribution is 2.25. The van der Waals surface area contributed by atoms with Crippen LogP contribution in [0.3, 0.4) is 0 Å². The normalized spacial score (nSPS) is 10.4. The van der Waals surface area contributed by atoms with Crippen molar-refractivity contribution in [2.45, 2.75) is 20.5 Å². The fourth-order valence-corrected chi connectivity index (χ4v) is 1.97. The first-order chi connectivity index (χ1) is 8.60. The second-order valence-electron chi connectivity index (χ2n) is 4.37. The molecule has 0 fully saturated rings. The molecule has 1 heterocycles. The maximum Gasteiger partial charge on any atom is 0.150 e. The van der Waals surface area contributed by atoms with Gasteiger partial charge >= 0.3 is 0 Å². The summed E-state index contributed by atoms with van der Waals surface area (Å²) in [6, 6.07) is 5.58. The summed E-state index contributed by atoms with van der Waals surface area (Å²) in [5.74, 6) is 0.825. The molecular weight excluding hydrogens is 228 g/mol. The predicted octanol–water partition coefficient (Wildman–Crippen LogP) is 2.43. The van der Waals surface area contributed by atoms with E-state index in [2.05, 4.69) is 5.10 Å². The predicted molar refractivity (Wildman–Crippen MR) is 68.8 cm³/mol. The number of aldehydes is 1. The van der Waals surface area contributed by atoms with E-state index in [9.17, 15) is 4.79 Å². The van der Waals surface area contributed by atoms with E-state index >= 15 is 0 Å². The molecule has 0 aliphatic heterocycles. The van der Waals surface area contributed by atoms with Crippen molar-refractivity contribution in [2.75, 3.05) is 0 Å². The number of aromatic nitrogens is 2. The molecule has 0 atom stereocenters. The molecule has 18 heavy (non-hydrogen) atoms. The van der Waals surface area contributed by atoms with E-state index in [4.69, 9.17) is 4.74 Å². The summed E-state index contributed by atoms with van der Waals surface area (Å²) in [6.07, 6.45) is 2.73. The molecule has 0 aliphatic rings. The number of hydrogen-bond acceptors (Lipinski definition) is 3. The Morgan fingerprint density at radius 2 is 2.00 bits per heavy atom. The number of ether oxygens (including phenoxy) is 1. The summed E-state index contributed by atoms with van der Waals surface area (Å²) in [5.41, 5.74) is 3.49. The minimum atomic E-state index is 0.433. The van der Waals surface area contributed by atoms with Crippen LogP contribution in [-0.2, 0) is 13.7 Å². The summed E-state index contributed by atoms with van der Waals surface area (Å²) < 4.78 is 7.52. The van der Waals surface area contributed by atoms with Gasteiger partial charge in [-0.2, -0.15) is 5.10 Å². The molecule has 0 radical (unpaired) electrons. The molecule has 94 valence electrons. The van der Waals surface area contributed by atoms with E-state index in [-0.39, 0.29) is 0 Å². The Morgan fingerprint density at radius 1 is 1.33 bits per heavy atom. The minimum absolute atomic E-state index is 0.433. The average Bonchev–Trinajstić information content (AvgIpc) is 2.73. The first-order valence-electron chi connectivity index (χ1n) is 5.78. The molecule has 0 aliphatic carbocycles. The smallest absolute Gasteiger partial charge is 0.150 e. The number of rotatable bonds is 4. The van der Waals surface area contributed by atoms with E-state index in [1.807, 2.05) is 45.3 Å². The van der Waals surface area contributed by atoms with Crippen molar-refractivity contribution >= 4 is 6.29 Å². The molecule has 0 saturated heterocycles. The van der Waals surface area contributed by atoms with Gasteiger partial charge in [-0.25, -0.2) is 0 Å². The third kappa shape index (κ3) is 2.59. The molecule has 0 unspecified atom stereocenters. The largest absolute Gasteiger partial charge is 0.487 e. The summed E-state index contributed by atoms with van der Waals surface area (Å²) >= 11 is 0. The summed E-state index contributed by atoms with van der Waals surface area (Å²) in [7, 11) is 1.87. The topological polar surface area (TPSA) is 44.1 Å². The minimum Gasteiger partial charge on any atom is -0.487 e. The van der Waals surface area contributed by atoms with E-state index in [1.54, 1.807) is 4.68 Å². The van der Waals surface area contributed by atoms with Gasteiger partial charge in [0, 0.05) is 18.8 Å². The van der Waals surface area contributed by atoms with Crippen molar-refractivity contribution in [3.8, 4) is 5.75 Å². The molecule has 2 rings (SSSR count). The lowest BCUT2D eigenvalue weighted by atomic mass is 10.1. The number of carbonyl (C=O) groups is 1. The van der Waals surface area contributed by atoms with Gasteiger partial charge in [-0.05, 0) is 43.2 Å². The van der Waals surface area contributed by atoms with E-state index in [1.165, 1.54) is 0 Å². The summed E-state index contributed by atoms with van der Waals surface area (Å²) in [5, 5.41) is 4.25. The van der Waals surface area contributed by atoms with Crippen LogP contribution in [0.15, 0.2) is 24.4 Å². The van der Waals surface area contributed by atoms with Gasteiger partial charge in [0.05, 0.1) is 5.69 Å². The van der Waals surface area contributed by atoms with Gasteiger partial charge in [0.1, 0.15) is 18.6 Å². The molecular formula is C14H16N2O2. The van der Waals surface area contributed by atoms with Crippen molar-refractivity contribution in [1.82, 2.24) is 9.78 Å². The van der Waals surface area contributed by atoms with Crippen LogP contribution in [0.4, 0.5) is 0 Å². The number of hydrogen-bond donors (Lipinski definition) is 0. The Hall–Kier alpha value is -2.10. The standard InChI is InChI=1S/C14H16N2O2/c1-10-6-12(8-17)7-11(2)14(10)18-9-13-4-5-16(3)15-13/h4-8H,9H2,1-3H3. The van der Waals surface area contributed by atoms with Gasteiger partial charge in [0.15, 0.2) is 0 Å². The molecule has 1 aromatic carbocycles. The molecule has 0 bridgehead atoms. The fourth-order valence-electron chi connectivity index (χ4n) is 1.97. The third-order valence-electron chi connectivity index (χ3n) is 2.75. The Bertz CT molecular complexity index is 550. The zero-order valence-corrected chi connectivity index (χ0v) is 10.8. The van der Waals surface area contributed by atoms with Crippen LogP contribution >= 0.6 is 0 Å². The molecule has 4 heteroatoms. The van der Waals surface area contributed by atoms with Gasteiger partial charge < -0.3 is 4.74 Å². The van der Waals surface area contributed by atoms with Crippen LogP contribution in [-0.4, -0.2) is 16.1 Å². The van der Waals surface area contributed by atoms with Crippen LogP contribution in [0, 0.1) is 13.8 Å². The molecule has 0 N–H and O–H groups in total. The van der Waals surface area contributed by atoms with Gasteiger partial charge in [-0.1, -0.05) is 0 Å². The van der Waals surface area contributed by atoms with E-state index in [0.717, 1.165) is 28.9 Å². The Kier molecular flexibility index (Phi) is 3.46. The molecule has 0 saturated carbocycles. The first-order valence-corrected chi connectivity index (χ1v) is 5.78. The van der Waals surface area contributed by atoms with Crippen molar-refractivity contribution in [3.63, 3.8) is 0 Å². The molecule has 0 spiro atoms. The summed E-state index contributed by atoms with van der Waals surface area (Å²) in [6.45, 7) is 4.31. The number of aryl methyl sites for hydroxylation is 3. The zero-order chi connectivity index (χ0) is 13.1. The Balaban J connectivity index is 2.16. The van der Waals surface area contributed by atoms with Crippen molar-refractivity contribution in [1.29, 1.82) is 0 Å². The van der Waals surface area contributed by atoms with Crippen LogP contribution < -0.4 is 4.74 Å². The van der Waals surface area contributed by atoms with Crippen molar-refractivity contribution in [3.05, 3.63) is 46.8 Å². The van der Waals surface area contributed by atoms with Crippen LogP contribution in [0.1, 0.15) is 27.2 Å². The van der Waals surface area contributed by atoms with Crippen molar-refractivity contribution < 1.29 is 9.53 Å². The second kappa shape index (κ2) is 5.04. The highest BCUT2D eigenvalue weighted by molar-refractivity contribution is 5.76. The quantitative estimate of drug-likeness (QED) is 0.776. The zero-order valence-electron chi connectivity index (χ0n) is 10.8. The first kappa shape index (κ1) is 12.4. The van der Waals surface area contributed by atoms with Gasteiger partial charge in [-0.15, -0.1) is 0 Å². The third-order valence-corrected chi connectivity index (χ3v) is 2.75. The second-order valence-corrected chi connectivity index (χ2v) is 4.37. The van der Waals surface area contributed by atoms with Crippen LogP contribution in [0.2, 0.25) is 0 Å². The summed E-state index contributed by atoms with van der Waals surface area (Å²) in [4.78, 5) is 10.8. The Morgan fingerprint density at radius 3 is 2.50 bits per heavy atom. The lowest BCUT2D eigenvalue weighted by molar-refractivity contribution is 0.112. The van der Waals surface area contributed by atoms with Gasteiger partial charge in [-0.3, -0.25) is 9.48 Å². The molecule has 0 amide bonds. The Labute approximate surface area is 106 Å². The van der Waals surface area contributed by atoms with Crippen molar-refractivity contribution in [2.24, 2.45) is 7.05 Å². The van der Waals surface area contributed by atoms with Gasteiger partial charge in [0.25, 0.3) is 0 Å². The van der Waals surface area contributed by atoms with Crippen LogP contribution in [0.5, 0.6) is 5.75 Å². The lowest BCUT2D eigenvalue weighted by Crippen LogP contribution is -2.01. The maximum atomic E-state index is 10.8. The molecule has 2 aromatic rings. The highest BCUT2D eigenvalue weighted by Gasteiger charge is 2.07. The average molecular weight is 244 g/mol. The number of benzene rings is 1. The van der Waals surface area contributed by atoms with Gasteiger partial charge in [0.2, 0.25) is 0 Å². The molecule has 1 aromatic heterocycles.